The van der Waals surface area contributed by atoms with Crippen LogP contribution in [0.1, 0.15) is 11.1 Å². The van der Waals surface area contributed by atoms with Crippen LogP contribution in [0.2, 0.25) is 0 Å². The number of nitrogens with zero attached hydrogens (tertiary/aromatic N) is 2. The molecule has 5 heteroatoms. The molecule has 0 unspecified atom stereocenters. The van der Waals surface area contributed by atoms with E-state index in [0.717, 1.165) is 33.7 Å². The molecular formula is C23H22N4O. The van der Waals surface area contributed by atoms with Gasteiger partial charge in [0, 0.05) is 23.2 Å². The van der Waals surface area contributed by atoms with E-state index in [1.54, 1.807) is 7.11 Å². The van der Waals surface area contributed by atoms with Gasteiger partial charge in [-0.1, -0.05) is 48.0 Å². The van der Waals surface area contributed by atoms with E-state index in [9.17, 15) is 0 Å². The molecule has 0 aliphatic heterocycles. The number of methoxy groups -OCH3 is 1. The molecule has 28 heavy (non-hydrogen) atoms. The minimum Gasteiger partial charge on any atom is -0.496 e. The fourth-order valence-corrected chi connectivity index (χ4v) is 3.06. The molecule has 4 aromatic rings. The van der Waals surface area contributed by atoms with Gasteiger partial charge in [0.1, 0.15) is 11.6 Å². The second kappa shape index (κ2) is 7.96. The lowest BCUT2D eigenvalue weighted by Crippen LogP contribution is -2.06. The van der Waals surface area contributed by atoms with Gasteiger partial charge in [0.2, 0.25) is 5.95 Å². The third-order valence-corrected chi connectivity index (χ3v) is 4.55. The molecular weight excluding hydrogens is 348 g/mol. The first-order valence-corrected chi connectivity index (χ1v) is 9.19. The molecule has 0 fully saturated rings. The van der Waals surface area contributed by atoms with Gasteiger partial charge in [0.25, 0.3) is 0 Å². The van der Waals surface area contributed by atoms with Crippen LogP contribution in [0.15, 0.2) is 72.8 Å². The largest absolute Gasteiger partial charge is 0.496 e. The summed E-state index contributed by atoms with van der Waals surface area (Å²) in [6.07, 6.45) is 0. The molecule has 3 aromatic carbocycles. The van der Waals surface area contributed by atoms with E-state index in [1.165, 1.54) is 5.56 Å². The number of aryl methyl sites for hydroxylation is 1. The number of benzene rings is 3. The molecule has 0 saturated heterocycles. The highest BCUT2D eigenvalue weighted by molar-refractivity contribution is 5.90. The zero-order chi connectivity index (χ0) is 19.3. The summed E-state index contributed by atoms with van der Waals surface area (Å²) in [6.45, 7) is 2.67. The average Bonchev–Trinajstić information content (AvgIpc) is 2.74. The van der Waals surface area contributed by atoms with Gasteiger partial charge in [0.05, 0.1) is 12.6 Å². The molecule has 140 valence electrons. The molecule has 0 atom stereocenters. The lowest BCUT2D eigenvalue weighted by molar-refractivity contribution is 0.410. The minimum absolute atomic E-state index is 0.560. The van der Waals surface area contributed by atoms with E-state index in [-0.39, 0.29) is 0 Å². The second-order valence-corrected chi connectivity index (χ2v) is 6.57. The van der Waals surface area contributed by atoms with Crippen LogP contribution < -0.4 is 15.4 Å². The van der Waals surface area contributed by atoms with Gasteiger partial charge in [-0.3, -0.25) is 0 Å². The number of ether oxygens (including phenoxy) is 1. The predicted octanol–water partition coefficient (Wildman–Crippen LogP) is 5.30. The second-order valence-electron chi connectivity index (χ2n) is 6.57. The Balaban J connectivity index is 1.65. The molecule has 0 spiro atoms. The van der Waals surface area contributed by atoms with Crippen LogP contribution in [-0.4, -0.2) is 17.1 Å². The Labute approximate surface area is 164 Å². The van der Waals surface area contributed by atoms with Crippen molar-refractivity contribution in [3.05, 3.63) is 83.9 Å². The van der Waals surface area contributed by atoms with Crippen molar-refractivity contribution in [2.45, 2.75) is 13.5 Å². The lowest BCUT2D eigenvalue weighted by Gasteiger charge is -2.13. The van der Waals surface area contributed by atoms with E-state index >= 15 is 0 Å². The first-order valence-electron chi connectivity index (χ1n) is 9.19. The van der Waals surface area contributed by atoms with Crippen molar-refractivity contribution in [1.29, 1.82) is 0 Å². The molecule has 1 aromatic heterocycles. The fourth-order valence-electron chi connectivity index (χ4n) is 3.06. The number of para-hydroxylation sites is 2. The van der Waals surface area contributed by atoms with Crippen LogP contribution in [0.3, 0.4) is 0 Å². The van der Waals surface area contributed by atoms with Crippen molar-refractivity contribution in [1.82, 2.24) is 9.97 Å². The first kappa shape index (κ1) is 17.8. The number of aromatic nitrogens is 2. The van der Waals surface area contributed by atoms with Crippen LogP contribution >= 0.6 is 0 Å². The van der Waals surface area contributed by atoms with Crippen molar-refractivity contribution < 1.29 is 4.74 Å². The Morgan fingerprint density at radius 1 is 0.857 bits per heavy atom. The Bertz CT molecular complexity index is 1090. The average molecular weight is 370 g/mol. The maximum Gasteiger partial charge on any atom is 0.229 e. The van der Waals surface area contributed by atoms with Crippen LogP contribution in [0.5, 0.6) is 5.75 Å². The van der Waals surface area contributed by atoms with E-state index in [2.05, 4.69) is 34.7 Å². The summed E-state index contributed by atoms with van der Waals surface area (Å²) in [7, 11) is 1.68. The van der Waals surface area contributed by atoms with E-state index in [4.69, 9.17) is 9.72 Å². The lowest BCUT2D eigenvalue weighted by atomic mass is 10.2. The molecule has 5 nitrogen and oxygen atoms in total. The number of fused-ring (bicyclic) bond motifs is 1. The SMILES string of the molecule is COc1ccccc1CNc1nc(Nc2ccc(C)cc2)nc2ccccc12. The quantitative estimate of drug-likeness (QED) is 0.482. The van der Waals surface area contributed by atoms with Crippen molar-refractivity contribution in [3.63, 3.8) is 0 Å². The Morgan fingerprint density at radius 3 is 2.43 bits per heavy atom. The highest BCUT2D eigenvalue weighted by Gasteiger charge is 2.09. The zero-order valence-corrected chi connectivity index (χ0v) is 15.9. The summed E-state index contributed by atoms with van der Waals surface area (Å²) in [5.74, 6) is 2.20. The number of anilines is 3. The fraction of sp³-hybridized carbons (Fsp3) is 0.130. The molecule has 2 N–H and O–H groups in total. The molecule has 1 heterocycles. The third-order valence-electron chi connectivity index (χ3n) is 4.55. The number of hydrogen-bond acceptors (Lipinski definition) is 5. The third kappa shape index (κ3) is 3.88. The Kier molecular flexibility index (Phi) is 5.06. The topological polar surface area (TPSA) is 59.1 Å². The maximum absolute atomic E-state index is 5.45. The van der Waals surface area contributed by atoms with Crippen LogP contribution in [0.25, 0.3) is 10.9 Å². The highest BCUT2D eigenvalue weighted by atomic mass is 16.5. The van der Waals surface area contributed by atoms with E-state index in [0.29, 0.717) is 12.5 Å². The van der Waals surface area contributed by atoms with Crippen molar-refractivity contribution in [2.24, 2.45) is 0 Å². The van der Waals surface area contributed by atoms with Crippen LogP contribution in [-0.2, 0) is 6.54 Å². The zero-order valence-electron chi connectivity index (χ0n) is 15.9. The molecule has 0 bridgehead atoms. The van der Waals surface area contributed by atoms with Crippen molar-refractivity contribution in [2.75, 3.05) is 17.7 Å². The Morgan fingerprint density at radius 2 is 1.61 bits per heavy atom. The Hall–Kier alpha value is -3.60. The summed E-state index contributed by atoms with van der Waals surface area (Å²) in [4.78, 5) is 9.37. The van der Waals surface area contributed by atoms with Gasteiger partial charge in [-0.25, -0.2) is 4.98 Å². The number of rotatable bonds is 6. The van der Waals surface area contributed by atoms with E-state index < -0.39 is 0 Å². The first-order chi connectivity index (χ1) is 13.7. The monoisotopic (exact) mass is 370 g/mol. The number of nitrogens with one attached hydrogen (secondary N) is 2. The highest BCUT2D eigenvalue weighted by Crippen LogP contribution is 2.25. The van der Waals surface area contributed by atoms with Gasteiger partial charge >= 0.3 is 0 Å². The normalized spacial score (nSPS) is 10.6. The summed E-state index contributed by atoms with van der Waals surface area (Å²) in [5, 5.41) is 7.72. The summed E-state index contributed by atoms with van der Waals surface area (Å²) < 4.78 is 5.45. The van der Waals surface area contributed by atoms with Gasteiger partial charge in [0.15, 0.2) is 0 Å². The molecule has 4 rings (SSSR count). The molecule has 0 saturated carbocycles. The van der Waals surface area contributed by atoms with Gasteiger partial charge in [-0.05, 0) is 37.3 Å². The van der Waals surface area contributed by atoms with Crippen molar-refractivity contribution >= 4 is 28.4 Å². The molecule has 0 aliphatic carbocycles. The maximum atomic E-state index is 5.45. The predicted molar refractivity (Wildman–Crippen MR) is 114 cm³/mol. The number of hydrogen-bond donors (Lipinski definition) is 2. The minimum atomic E-state index is 0.560. The van der Waals surface area contributed by atoms with Gasteiger partial charge in [-0.2, -0.15) is 4.98 Å². The molecule has 0 aliphatic rings. The smallest absolute Gasteiger partial charge is 0.229 e. The summed E-state index contributed by atoms with van der Waals surface area (Å²) in [5.41, 5.74) is 4.12. The van der Waals surface area contributed by atoms with Gasteiger partial charge in [-0.15, -0.1) is 0 Å². The summed E-state index contributed by atoms with van der Waals surface area (Å²) in [6, 6.07) is 24.1. The van der Waals surface area contributed by atoms with Crippen molar-refractivity contribution in [3.8, 4) is 5.75 Å². The van der Waals surface area contributed by atoms with Crippen LogP contribution in [0.4, 0.5) is 17.5 Å². The van der Waals surface area contributed by atoms with Gasteiger partial charge < -0.3 is 15.4 Å². The van der Waals surface area contributed by atoms with Crippen LogP contribution in [0, 0.1) is 6.92 Å². The molecule has 0 radical (unpaired) electrons. The molecule has 0 amide bonds. The standard InChI is InChI=1S/C23H22N4O/c1-16-11-13-18(14-12-16)25-23-26-20-9-5-4-8-19(20)22(27-23)24-15-17-7-3-6-10-21(17)28-2/h3-14H,15H2,1-2H3,(H2,24,25,26,27). The summed E-state index contributed by atoms with van der Waals surface area (Å²) >= 11 is 0. The van der Waals surface area contributed by atoms with E-state index in [1.807, 2.05) is 60.7 Å².